The van der Waals surface area contributed by atoms with Crippen molar-refractivity contribution in [1.82, 2.24) is 14.5 Å². The smallest absolute Gasteiger partial charge is 0.326 e. The molecule has 1 aliphatic heterocycles. The number of nitrogens with zero attached hydrogens (tertiary/aromatic N) is 2. The zero-order chi connectivity index (χ0) is 18.0. The van der Waals surface area contributed by atoms with Gasteiger partial charge in [0.15, 0.2) is 0 Å². The van der Waals surface area contributed by atoms with Crippen LogP contribution in [0.25, 0.3) is 11.0 Å². The normalized spacial score (nSPS) is 17.2. The van der Waals surface area contributed by atoms with Gasteiger partial charge in [-0.05, 0) is 39.0 Å². The molecule has 1 fully saturated rings. The van der Waals surface area contributed by atoms with Crippen LogP contribution >= 0.6 is 0 Å². The number of H-pyrrole nitrogens is 1. The number of ether oxygens (including phenoxy) is 2. The summed E-state index contributed by atoms with van der Waals surface area (Å²) in [5.41, 5.74) is 1.49. The van der Waals surface area contributed by atoms with Crippen molar-refractivity contribution < 1.29 is 14.3 Å². The van der Waals surface area contributed by atoms with Crippen molar-refractivity contribution in [2.45, 2.75) is 32.9 Å². The van der Waals surface area contributed by atoms with Gasteiger partial charge in [0, 0.05) is 25.3 Å². The third-order valence-corrected chi connectivity index (χ3v) is 4.40. The first-order valence-electron chi connectivity index (χ1n) is 8.65. The lowest BCUT2D eigenvalue weighted by molar-refractivity contribution is -0.0763. The Labute approximate surface area is 146 Å². The Morgan fingerprint density at radius 1 is 1.40 bits per heavy atom. The van der Waals surface area contributed by atoms with Gasteiger partial charge in [-0.25, -0.2) is 4.79 Å². The van der Waals surface area contributed by atoms with E-state index in [9.17, 15) is 9.59 Å². The summed E-state index contributed by atoms with van der Waals surface area (Å²) < 4.78 is 12.6. The number of aromatic amines is 1. The van der Waals surface area contributed by atoms with Gasteiger partial charge >= 0.3 is 5.69 Å². The molecule has 0 saturated carbocycles. The number of carbonyl (C=O) groups excluding carboxylic acids is 1. The third-order valence-electron chi connectivity index (χ3n) is 4.40. The number of rotatable bonds is 5. The zero-order valence-corrected chi connectivity index (χ0v) is 15.0. The second-order valence-electron chi connectivity index (χ2n) is 6.85. The molecular formula is C18H25N3O4. The van der Waals surface area contributed by atoms with Gasteiger partial charge in [0.2, 0.25) is 0 Å². The van der Waals surface area contributed by atoms with Crippen LogP contribution in [0.4, 0.5) is 0 Å². The van der Waals surface area contributed by atoms with Crippen LogP contribution in [0.5, 0.6) is 0 Å². The highest BCUT2D eigenvalue weighted by molar-refractivity contribution is 5.97. The van der Waals surface area contributed by atoms with E-state index in [1.807, 2.05) is 26.8 Å². The standard InChI is InChI=1S/C18H25N3O4/c1-4-24-9-8-21-15-6-5-13(11-14(15)19-17(21)23)16(22)20-7-10-25-18(2,3)12-20/h5-6,11H,4,7-10,12H2,1-3H3,(H,19,23). The molecule has 0 spiro atoms. The summed E-state index contributed by atoms with van der Waals surface area (Å²) in [5.74, 6) is -0.0406. The largest absolute Gasteiger partial charge is 0.380 e. The van der Waals surface area contributed by atoms with E-state index in [-0.39, 0.29) is 17.2 Å². The van der Waals surface area contributed by atoms with Crippen LogP contribution in [0.2, 0.25) is 0 Å². The van der Waals surface area contributed by atoms with E-state index in [4.69, 9.17) is 9.47 Å². The van der Waals surface area contributed by atoms with E-state index < -0.39 is 0 Å². The van der Waals surface area contributed by atoms with Crippen LogP contribution in [0.1, 0.15) is 31.1 Å². The molecular weight excluding hydrogens is 322 g/mol. The summed E-state index contributed by atoms with van der Waals surface area (Å²) in [6, 6.07) is 5.34. The molecule has 1 aromatic heterocycles. The van der Waals surface area contributed by atoms with Crippen LogP contribution in [0.15, 0.2) is 23.0 Å². The minimum Gasteiger partial charge on any atom is -0.380 e. The maximum Gasteiger partial charge on any atom is 0.326 e. The van der Waals surface area contributed by atoms with Gasteiger partial charge in [0.05, 0.1) is 36.4 Å². The molecule has 1 amide bonds. The SMILES string of the molecule is CCOCCn1c(=O)[nH]c2cc(C(=O)N3CCOC(C)(C)C3)ccc21. The summed E-state index contributed by atoms with van der Waals surface area (Å²) in [4.78, 5) is 29.6. The first kappa shape index (κ1) is 17.7. The quantitative estimate of drug-likeness (QED) is 0.834. The van der Waals surface area contributed by atoms with Crippen LogP contribution in [-0.2, 0) is 16.0 Å². The topological polar surface area (TPSA) is 76.6 Å². The number of amides is 1. The van der Waals surface area contributed by atoms with E-state index in [2.05, 4.69) is 4.98 Å². The van der Waals surface area contributed by atoms with Gasteiger partial charge in [-0.1, -0.05) is 0 Å². The lowest BCUT2D eigenvalue weighted by Crippen LogP contribution is -2.50. The summed E-state index contributed by atoms with van der Waals surface area (Å²) in [5, 5.41) is 0. The molecule has 0 bridgehead atoms. The summed E-state index contributed by atoms with van der Waals surface area (Å²) in [6.07, 6.45) is 0. The van der Waals surface area contributed by atoms with Crippen molar-refractivity contribution in [2.75, 3.05) is 32.9 Å². The second kappa shape index (κ2) is 7.01. The van der Waals surface area contributed by atoms with Gasteiger partial charge in [0.25, 0.3) is 5.91 Å². The van der Waals surface area contributed by atoms with Gasteiger partial charge in [0.1, 0.15) is 0 Å². The number of imidazole rings is 1. The minimum atomic E-state index is -0.338. The van der Waals surface area contributed by atoms with Gasteiger partial charge in [-0.15, -0.1) is 0 Å². The molecule has 136 valence electrons. The molecule has 1 aromatic carbocycles. The number of nitrogens with one attached hydrogen (secondary N) is 1. The monoisotopic (exact) mass is 347 g/mol. The Hall–Kier alpha value is -2.12. The second-order valence-corrected chi connectivity index (χ2v) is 6.85. The van der Waals surface area contributed by atoms with Gasteiger partial charge < -0.3 is 19.4 Å². The molecule has 7 nitrogen and oxygen atoms in total. The average molecular weight is 347 g/mol. The molecule has 0 radical (unpaired) electrons. The fraction of sp³-hybridized carbons (Fsp3) is 0.556. The average Bonchev–Trinajstić information content (AvgIpc) is 2.88. The molecule has 25 heavy (non-hydrogen) atoms. The Kier molecular flexibility index (Phi) is 4.96. The van der Waals surface area contributed by atoms with E-state index >= 15 is 0 Å². The maximum absolute atomic E-state index is 12.8. The van der Waals surface area contributed by atoms with Crippen molar-refractivity contribution in [3.05, 3.63) is 34.2 Å². The number of hydrogen-bond donors (Lipinski definition) is 1. The summed E-state index contributed by atoms with van der Waals surface area (Å²) in [7, 11) is 0. The van der Waals surface area contributed by atoms with Crippen molar-refractivity contribution in [3.8, 4) is 0 Å². The number of hydrogen-bond acceptors (Lipinski definition) is 4. The molecule has 0 aliphatic carbocycles. The number of carbonyl (C=O) groups is 1. The van der Waals surface area contributed by atoms with Crippen LogP contribution < -0.4 is 5.69 Å². The summed E-state index contributed by atoms with van der Waals surface area (Å²) in [6.45, 7) is 9.11. The van der Waals surface area contributed by atoms with E-state index in [0.717, 1.165) is 5.52 Å². The molecule has 0 unspecified atom stereocenters. The molecule has 0 atom stereocenters. The first-order chi connectivity index (χ1) is 11.9. The minimum absolute atomic E-state index is 0.0406. The summed E-state index contributed by atoms with van der Waals surface area (Å²) >= 11 is 0. The van der Waals surface area contributed by atoms with Crippen LogP contribution in [0.3, 0.4) is 0 Å². The molecule has 2 heterocycles. The highest BCUT2D eigenvalue weighted by atomic mass is 16.5. The zero-order valence-electron chi connectivity index (χ0n) is 15.0. The number of aromatic nitrogens is 2. The van der Waals surface area contributed by atoms with E-state index in [1.54, 1.807) is 21.6 Å². The maximum atomic E-state index is 12.8. The molecule has 3 rings (SSSR count). The van der Waals surface area contributed by atoms with Crippen molar-refractivity contribution in [2.24, 2.45) is 0 Å². The van der Waals surface area contributed by atoms with Crippen LogP contribution in [-0.4, -0.2) is 58.9 Å². The predicted octanol–water partition coefficient (Wildman–Crippen LogP) is 1.62. The Morgan fingerprint density at radius 3 is 2.92 bits per heavy atom. The molecule has 2 aromatic rings. The first-order valence-corrected chi connectivity index (χ1v) is 8.65. The van der Waals surface area contributed by atoms with Gasteiger partial charge in [-0.3, -0.25) is 9.36 Å². The number of morpholine rings is 1. The lowest BCUT2D eigenvalue weighted by Gasteiger charge is -2.38. The molecule has 7 heteroatoms. The fourth-order valence-corrected chi connectivity index (χ4v) is 3.19. The Bertz CT molecular complexity index is 821. The number of fused-ring (bicyclic) bond motifs is 1. The Morgan fingerprint density at radius 2 is 2.20 bits per heavy atom. The van der Waals surface area contributed by atoms with Crippen LogP contribution in [0, 0.1) is 0 Å². The highest BCUT2D eigenvalue weighted by Crippen LogP contribution is 2.20. The predicted molar refractivity (Wildman–Crippen MR) is 95.0 cm³/mol. The lowest BCUT2D eigenvalue weighted by atomic mass is 10.1. The van der Waals surface area contributed by atoms with Crippen molar-refractivity contribution >= 4 is 16.9 Å². The fourth-order valence-electron chi connectivity index (χ4n) is 3.19. The van der Waals surface area contributed by atoms with Crippen molar-refractivity contribution in [3.63, 3.8) is 0 Å². The third kappa shape index (κ3) is 3.77. The Balaban J connectivity index is 1.84. The van der Waals surface area contributed by atoms with E-state index in [1.165, 1.54) is 0 Å². The molecule has 1 aliphatic rings. The molecule has 1 N–H and O–H groups in total. The number of benzene rings is 1. The van der Waals surface area contributed by atoms with Crippen molar-refractivity contribution in [1.29, 1.82) is 0 Å². The molecule has 1 saturated heterocycles. The van der Waals surface area contributed by atoms with Gasteiger partial charge in [-0.2, -0.15) is 0 Å². The highest BCUT2D eigenvalue weighted by Gasteiger charge is 2.30. The van der Waals surface area contributed by atoms with E-state index in [0.29, 0.717) is 50.5 Å².